The summed E-state index contributed by atoms with van der Waals surface area (Å²) in [6.07, 6.45) is -4.89. The van der Waals surface area contributed by atoms with Gasteiger partial charge in [-0.2, -0.15) is 29.0 Å². The Hall–Kier alpha value is -11.5. The Morgan fingerprint density at radius 2 is 0.718 bits per heavy atom. The predicted octanol–water partition coefficient (Wildman–Crippen LogP) is 18.5. The van der Waals surface area contributed by atoms with Gasteiger partial charge in [0.15, 0.2) is 17.1 Å². The largest absolute Gasteiger partial charge is 0.415 e. The lowest BCUT2D eigenvalue weighted by atomic mass is 9.94. The van der Waals surface area contributed by atoms with Crippen LogP contribution in [0.1, 0.15) is 22.3 Å². The molecule has 0 aliphatic carbocycles. The zero-order chi connectivity index (χ0) is 53.8. The second kappa shape index (κ2) is 18.8. The van der Waals surface area contributed by atoms with Gasteiger partial charge in [0.05, 0.1) is 93.6 Å². The first-order valence-electron chi connectivity index (χ1n) is 24.3. The van der Waals surface area contributed by atoms with Crippen molar-refractivity contribution in [2.75, 3.05) is 0 Å². The van der Waals surface area contributed by atoms with E-state index in [-0.39, 0.29) is 16.9 Å². The first-order valence-corrected chi connectivity index (χ1v) is 24.3. The monoisotopic (exact) mass is 1010 g/mol. The summed E-state index contributed by atoms with van der Waals surface area (Å²) in [5.74, 6) is 0. The minimum absolute atomic E-state index is 0.0740. The topological polar surface area (TPSA) is 94.3 Å². The smallest absolute Gasteiger partial charge is 0.308 e. The fraction of sp³-hybridized carbons (Fsp3) is 0.0149. The molecule has 8 nitrogen and oxygen atoms in total. The molecule has 0 fully saturated rings. The molecule has 2 heterocycles. The Kier molecular flexibility index (Phi) is 11.4. The van der Waals surface area contributed by atoms with Crippen molar-refractivity contribution in [1.29, 1.82) is 15.8 Å². The van der Waals surface area contributed by atoms with Gasteiger partial charge in [0.25, 0.3) is 0 Å². The summed E-state index contributed by atoms with van der Waals surface area (Å²) in [5, 5.41) is 32.1. The average Bonchev–Trinajstić information content (AvgIpc) is 4.17. The number of aromatic nitrogens is 2. The molecule has 362 valence electrons. The molecule has 78 heavy (non-hydrogen) atoms. The SMILES string of the molecule is [C-]#[N+]c1ccc(-c2ccc3c(c2)c2cc(-c4ccc(C#N)cc4)ccc2n3-c2cc([N+]#[C-])c(-c3c([N+]#[C-])cccc3C(F)(F)F)cc2-n2c3ccc(-c4ccc(C#N)cc4)cc3c3cc(-c4ccc(C#N)cc4)ccc32)cc1. The molecule has 2 aromatic heterocycles. The maximum absolute atomic E-state index is 15.3. The van der Waals surface area contributed by atoms with E-state index in [9.17, 15) is 15.8 Å². The van der Waals surface area contributed by atoms with E-state index in [1.807, 2.05) is 106 Å². The lowest BCUT2D eigenvalue weighted by Crippen LogP contribution is -2.08. The summed E-state index contributed by atoms with van der Waals surface area (Å²) in [6.45, 7) is 24.4. The maximum Gasteiger partial charge on any atom is 0.415 e. The highest BCUT2D eigenvalue weighted by atomic mass is 19.4. The molecule has 0 amide bonds. The molecule has 0 spiro atoms. The van der Waals surface area contributed by atoms with Crippen LogP contribution >= 0.6 is 0 Å². The summed E-state index contributed by atoms with van der Waals surface area (Å²) < 4.78 is 50.0. The number of nitrogens with zero attached hydrogens (tertiary/aromatic N) is 8. The van der Waals surface area contributed by atoms with E-state index in [1.54, 1.807) is 60.7 Å². The van der Waals surface area contributed by atoms with E-state index in [2.05, 4.69) is 57.0 Å². The lowest BCUT2D eigenvalue weighted by molar-refractivity contribution is -0.137. The summed E-state index contributed by atoms with van der Waals surface area (Å²) in [4.78, 5) is 11.1. The van der Waals surface area contributed by atoms with Crippen LogP contribution in [0.2, 0.25) is 0 Å². The molecule has 11 heteroatoms. The molecular weight excluding hydrogens is 974 g/mol. The number of rotatable bonds is 7. The minimum atomic E-state index is -4.89. The van der Waals surface area contributed by atoms with Gasteiger partial charge in [-0.15, -0.1) is 0 Å². The molecule has 0 saturated heterocycles. The minimum Gasteiger partial charge on any atom is -0.308 e. The number of nitriles is 3. The van der Waals surface area contributed by atoms with Gasteiger partial charge < -0.3 is 9.13 Å². The third kappa shape index (κ3) is 7.99. The molecule has 12 rings (SSSR count). The van der Waals surface area contributed by atoms with Gasteiger partial charge >= 0.3 is 6.18 Å². The number of hydrogen-bond acceptors (Lipinski definition) is 3. The quantitative estimate of drug-likeness (QED) is 0.149. The first kappa shape index (κ1) is 47.5. The van der Waals surface area contributed by atoms with Crippen molar-refractivity contribution < 1.29 is 13.2 Å². The number of fused-ring (bicyclic) bond motifs is 6. The van der Waals surface area contributed by atoms with Crippen LogP contribution in [0.4, 0.5) is 30.2 Å². The lowest BCUT2D eigenvalue weighted by Gasteiger charge is -2.22. The Balaban J connectivity index is 1.22. The zero-order valence-electron chi connectivity index (χ0n) is 40.8. The van der Waals surface area contributed by atoms with Gasteiger partial charge in [-0.3, -0.25) is 0 Å². The molecule has 10 aromatic carbocycles. The molecule has 0 N–H and O–H groups in total. The van der Waals surface area contributed by atoms with Crippen molar-refractivity contribution in [2.45, 2.75) is 6.18 Å². The molecule has 0 aliphatic heterocycles. The van der Waals surface area contributed by atoms with Crippen LogP contribution in [0.3, 0.4) is 0 Å². The van der Waals surface area contributed by atoms with Crippen LogP contribution in [-0.4, -0.2) is 9.13 Å². The Labute approximate surface area is 444 Å². The van der Waals surface area contributed by atoms with Crippen LogP contribution in [0.25, 0.3) is 125 Å². The Bertz CT molecular complexity index is 4520. The van der Waals surface area contributed by atoms with Gasteiger partial charge in [0, 0.05) is 21.5 Å². The summed E-state index contributed by atoms with van der Waals surface area (Å²) in [5.41, 5.74) is 10.7. The molecule has 0 aliphatic rings. The molecule has 0 saturated carbocycles. The van der Waals surface area contributed by atoms with Crippen molar-refractivity contribution in [3.8, 4) is 85.2 Å². The van der Waals surface area contributed by atoms with E-state index in [1.165, 1.54) is 12.1 Å². The van der Waals surface area contributed by atoms with Gasteiger partial charge in [0.1, 0.15) is 0 Å². The van der Waals surface area contributed by atoms with Crippen LogP contribution in [0.15, 0.2) is 200 Å². The highest BCUT2D eigenvalue weighted by Gasteiger charge is 2.36. The number of alkyl halides is 3. The molecule has 0 radical (unpaired) electrons. The summed E-state index contributed by atoms with van der Waals surface area (Å²) >= 11 is 0. The molecule has 12 aromatic rings. The second-order valence-electron chi connectivity index (χ2n) is 18.6. The van der Waals surface area contributed by atoms with Crippen molar-refractivity contribution in [3.63, 3.8) is 0 Å². The van der Waals surface area contributed by atoms with Crippen molar-refractivity contribution in [2.24, 2.45) is 0 Å². The van der Waals surface area contributed by atoms with Gasteiger partial charge in [-0.05, 0) is 153 Å². The maximum atomic E-state index is 15.3. The number of hydrogen-bond donors (Lipinski definition) is 0. The van der Waals surface area contributed by atoms with Crippen LogP contribution in [0.5, 0.6) is 0 Å². The number of halogens is 3. The highest BCUT2D eigenvalue weighted by Crippen LogP contribution is 2.50. The zero-order valence-corrected chi connectivity index (χ0v) is 40.8. The molecule has 0 unspecified atom stereocenters. The van der Waals surface area contributed by atoms with Crippen molar-refractivity contribution in [3.05, 3.63) is 257 Å². The standard InChI is InChI=1S/C67H33F3N8/c1-74-51-25-19-46(20-26-51)50-24-30-63-55(34-50)54-33-49(45-17-11-42(39-73)12-18-45)23-29-62(54)78(63)65-36-59(76-3)56(66-57(67(68,69)70)5-4-6-58(66)75-2)35-64(65)77-60-27-21-47(43-13-7-40(37-71)8-14-43)31-52(60)53-32-48(22-28-61(53)77)44-15-9-41(38-72)10-16-44/h4-36H. The third-order valence-electron chi connectivity index (χ3n) is 14.3. The Morgan fingerprint density at radius 1 is 0.372 bits per heavy atom. The van der Waals surface area contributed by atoms with Crippen LogP contribution in [-0.2, 0) is 6.18 Å². The molecular formula is C67H33F3N8. The van der Waals surface area contributed by atoms with Crippen LogP contribution < -0.4 is 0 Å². The average molecular weight is 1010 g/mol. The molecule has 0 atom stereocenters. The van der Waals surface area contributed by atoms with E-state index in [0.29, 0.717) is 44.8 Å². The van der Waals surface area contributed by atoms with Gasteiger partial charge in [0.2, 0.25) is 0 Å². The van der Waals surface area contributed by atoms with Gasteiger partial charge in [-0.1, -0.05) is 103 Å². The predicted molar refractivity (Wildman–Crippen MR) is 300 cm³/mol. The summed E-state index contributed by atoms with van der Waals surface area (Å²) in [6, 6.07) is 66.4. The van der Waals surface area contributed by atoms with Crippen LogP contribution in [0, 0.1) is 53.7 Å². The normalized spacial score (nSPS) is 11.2. The first-order chi connectivity index (χ1) is 38.0. The van der Waals surface area contributed by atoms with E-state index in [4.69, 9.17) is 19.7 Å². The Morgan fingerprint density at radius 3 is 1.05 bits per heavy atom. The van der Waals surface area contributed by atoms with Crippen molar-refractivity contribution >= 4 is 60.7 Å². The second-order valence-corrected chi connectivity index (χ2v) is 18.6. The van der Waals surface area contributed by atoms with Crippen molar-refractivity contribution in [1.82, 2.24) is 9.13 Å². The van der Waals surface area contributed by atoms with Gasteiger partial charge in [-0.25, -0.2) is 14.5 Å². The molecule has 0 bridgehead atoms. The number of benzene rings is 10. The fourth-order valence-corrected chi connectivity index (χ4v) is 10.6. The highest BCUT2D eigenvalue weighted by molar-refractivity contribution is 6.14. The van der Waals surface area contributed by atoms with E-state index >= 15 is 13.2 Å². The van der Waals surface area contributed by atoms with E-state index < -0.39 is 17.3 Å². The van der Waals surface area contributed by atoms with E-state index in [0.717, 1.165) is 83.2 Å². The third-order valence-corrected chi connectivity index (χ3v) is 14.3. The summed E-state index contributed by atoms with van der Waals surface area (Å²) in [7, 11) is 0. The fourth-order valence-electron chi connectivity index (χ4n) is 10.6.